The zero-order valence-electron chi connectivity index (χ0n) is 10.6. The van der Waals surface area contributed by atoms with Crippen LogP contribution < -0.4 is 0 Å². The smallest absolute Gasteiger partial charge is 0.0124 e. The van der Waals surface area contributed by atoms with Gasteiger partial charge in [0.1, 0.15) is 0 Å². The molecule has 2 nitrogen and oxygen atoms in total. The molecule has 2 unspecified atom stereocenters. The molecule has 1 fully saturated rings. The van der Waals surface area contributed by atoms with Gasteiger partial charge in [0.15, 0.2) is 0 Å². The molecule has 0 amide bonds. The molecule has 0 aromatic heterocycles. The van der Waals surface area contributed by atoms with Gasteiger partial charge in [0.2, 0.25) is 0 Å². The van der Waals surface area contributed by atoms with Gasteiger partial charge in [-0.25, -0.2) is 0 Å². The van der Waals surface area contributed by atoms with E-state index in [1.165, 1.54) is 0 Å². The summed E-state index contributed by atoms with van der Waals surface area (Å²) < 4.78 is 0. The van der Waals surface area contributed by atoms with Gasteiger partial charge in [-0.2, -0.15) is 0 Å². The van der Waals surface area contributed by atoms with Crippen molar-refractivity contribution >= 4 is 13.4 Å². The normalized spacial score (nSPS) is 31.8. The van der Waals surface area contributed by atoms with Crippen molar-refractivity contribution < 1.29 is 65.4 Å². The fourth-order valence-corrected chi connectivity index (χ4v) is 3.02. The Kier molecular flexibility index (Phi) is 9.77. The largest absolute Gasteiger partial charge is 0.506 e. The predicted octanol–water partition coefficient (Wildman–Crippen LogP) is 2.72. The second-order valence-corrected chi connectivity index (χ2v) is 5.70. The summed E-state index contributed by atoms with van der Waals surface area (Å²) in [6, 6.07) is 0.269. The van der Waals surface area contributed by atoms with Gasteiger partial charge in [0, 0.05) is 78.0 Å². The van der Waals surface area contributed by atoms with E-state index in [2.05, 4.69) is 30.8 Å². The molecule has 2 atom stereocenters. The number of rotatable bonds is 3. The van der Waals surface area contributed by atoms with E-state index in [4.69, 9.17) is 13.4 Å². The Morgan fingerprint density at radius 3 is 2.12 bits per heavy atom. The van der Waals surface area contributed by atoms with Crippen LogP contribution in [0.1, 0.15) is 40.0 Å². The molecule has 0 spiro atoms. The Labute approximate surface area is 150 Å². The maximum Gasteiger partial charge on any atom is 0.0124 e. The van der Waals surface area contributed by atoms with Crippen molar-refractivity contribution in [2.45, 2.75) is 46.1 Å². The van der Waals surface area contributed by atoms with Crippen LogP contribution in [0.2, 0.25) is 0 Å². The van der Waals surface area contributed by atoms with Crippen LogP contribution in [0.15, 0.2) is 9.98 Å². The minimum Gasteiger partial charge on any atom is -0.506 e. The van der Waals surface area contributed by atoms with E-state index in [-0.39, 0.29) is 76.9 Å². The molecule has 4 heteroatoms. The molecule has 1 rings (SSSR count). The van der Waals surface area contributed by atoms with E-state index in [1.54, 1.807) is 0 Å². The van der Waals surface area contributed by atoms with Crippen LogP contribution in [0.25, 0.3) is 0 Å². The molecule has 86 valence electrons. The van der Waals surface area contributed by atoms with Crippen LogP contribution in [-0.2, 0) is 65.4 Å². The van der Waals surface area contributed by atoms with Gasteiger partial charge in [-0.3, -0.25) is 0 Å². The molecular weight excluding hydrogens is 350 g/mol. The molecule has 0 aromatic rings. The Morgan fingerprint density at radius 2 is 1.69 bits per heavy atom. The first-order valence-electron chi connectivity index (χ1n) is 5.18. The number of hydrogen-bond donors (Lipinski definition) is 0. The van der Waals surface area contributed by atoms with Crippen molar-refractivity contribution in [1.82, 2.24) is 0 Å². The van der Waals surface area contributed by atoms with Crippen molar-refractivity contribution in [1.29, 1.82) is 0 Å². The zero-order chi connectivity index (χ0) is 10.8. The Bertz CT molecular complexity index is 241. The first kappa shape index (κ1) is 19.9. The molecule has 16 heavy (non-hydrogen) atoms. The molecule has 0 heterocycles. The van der Waals surface area contributed by atoms with Crippen molar-refractivity contribution in [3.8, 4) is 0 Å². The molecule has 1 aliphatic rings. The third-order valence-corrected chi connectivity index (χ3v) is 3.11. The summed E-state index contributed by atoms with van der Waals surface area (Å²) >= 11 is 0. The first-order valence-corrected chi connectivity index (χ1v) is 5.18. The summed E-state index contributed by atoms with van der Waals surface area (Å²) in [6.07, 6.45) is 3.23. The van der Waals surface area contributed by atoms with E-state index in [0.717, 1.165) is 19.3 Å². The van der Waals surface area contributed by atoms with Crippen molar-refractivity contribution in [3.05, 3.63) is 0 Å². The van der Waals surface area contributed by atoms with Gasteiger partial charge < -0.3 is 23.4 Å². The molecule has 0 aromatic carbocycles. The fraction of sp³-hybridized carbons (Fsp3) is 0.833. The van der Waals surface area contributed by atoms with Gasteiger partial charge in [-0.1, -0.05) is 20.8 Å². The summed E-state index contributed by atoms with van der Waals surface area (Å²) in [6.45, 7) is 18.1. The van der Waals surface area contributed by atoms with Crippen LogP contribution in [0, 0.1) is 10.8 Å². The fourth-order valence-electron chi connectivity index (χ4n) is 3.02. The topological polar surface area (TPSA) is 24.7 Å². The second kappa shape index (κ2) is 7.87. The van der Waals surface area contributed by atoms with Crippen molar-refractivity contribution in [2.24, 2.45) is 20.8 Å². The quantitative estimate of drug-likeness (QED) is 0.539. The number of hydrogen-bond acceptors (Lipinski definition) is 2. The zero-order valence-corrected chi connectivity index (χ0v) is 16.3. The Balaban J connectivity index is 0. The van der Waals surface area contributed by atoms with E-state index < -0.39 is 0 Å². The molecule has 1 aliphatic carbocycles. The molecule has 0 N–H and O–H groups in total. The molecule has 2 radical (unpaired) electrons. The SMILES string of the molecule is [CH-]=NCC1(C)CC(N=[CH-])CC(C)(C)C1.[Y].[Y]. The first-order chi connectivity index (χ1) is 6.41. The maximum absolute atomic E-state index is 5.40. The average molecular weight is 370 g/mol. The number of aliphatic imine (C=N–C) groups is 2. The summed E-state index contributed by atoms with van der Waals surface area (Å²) in [5.74, 6) is 0. The monoisotopic (exact) mass is 370 g/mol. The summed E-state index contributed by atoms with van der Waals surface area (Å²) in [5.41, 5.74) is 0.468. The van der Waals surface area contributed by atoms with Crippen LogP contribution in [-0.4, -0.2) is 26.0 Å². The minimum atomic E-state index is 0. The van der Waals surface area contributed by atoms with Gasteiger partial charge in [0.25, 0.3) is 0 Å². The molecular formula is C12H20N2Y2-2. The third-order valence-electron chi connectivity index (χ3n) is 3.11. The molecule has 1 saturated carbocycles. The van der Waals surface area contributed by atoms with Gasteiger partial charge >= 0.3 is 0 Å². The Morgan fingerprint density at radius 1 is 1.12 bits per heavy atom. The van der Waals surface area contributed by atoms with E-state index in [9.17, 15) is 0 Å². The van der Waals surface area contributed by atoms with Crippen molar-refractivity contribution in [2.75, 3.05) is 6.54 Å². The van der Waals surface area contributed by atoms with Gasteiger partial charge in [-0.15, -0.1) is 0 Å². The van der Waals surface area contributed by atoms with Crippen molar-refractivity contribution in [3.63, 3.8) is 0 Å². The van der Waals surface area contributed by atoms with E-state index >= 15 is 0 Å². The maximum atomic E-state index is 5.40. The number of nitrogens with zero attached hydrogens (tertiary/aromatic N) is 2. The molecule has 0 saturated heterocycles. The van der Waals surface area contributed by atoms with Gasteiger partial charge in [-0.05, 0) is 30.1 Å². The molecule has 0 aliphatic heterocycles. The van der Waals surface area contributed by atoms with E-state index in [0.29, 0.717) is 12.0 Å². The summed E-state index contributed by atoms with van der Waals surface area (Å²) in [5, 5.41) is 0. The second-order valence-electron chi connectivity index (χ2n) is 5.70. The predicted molar refractivity (Wildman–Crippen MR) is 61.4 cm³/mol. The van der Waals surface area contributed by atoms with Crippen LogP contribution in [0.4, 0.5) is 0 Å². The molecule has 0 bridgehead atoms. The Hall–Kier alpha value is 1.55. The van der Waals surface area contributed by atoms with E-state index in [1.807, 2.05) is 0 Å². The van der Waals surface area contributed by atoms with Crippen LogP contribution in [0.5, 0.6) is 0 Å². The summed E-state index contributed by atoms with van der Waals surface area (Å²) in [4.78, 5) is 7.72. The van der Waals surface area contributed by atoms with Crippen LogP contribution >= 0.6 is 0 Å². The van der Waals surface area contributed by atoms with Crippen LogP contribution in [0.3, 0.4) is 0 Å². The standard InChI is InChI=1S/C12H20N2.2Y/c1-11(2)6-10(14-5)7-12(3,8-11)9-13-4;;/h4-5,10H,6-9H2,1-3H3;;/q-2;;. The minimum absolute atomic E-state index is 0. The third kappa shape index (κ3) is 5.93. The summed E-state index contributed by atoms with van der Waals surface area (Å²) in [7, 11) is 0. The average Bonchev–Trinajstić information content (AvgIpc) is 2.00. The van der Waals surface area contributed by atoms with Gasteiger partial charge in [0.05, 0.1) is 0 Å².